The largest absolute Gasteiger partial charge is 0.266 e. The Balaban J connectivity index is 2.10. The second kappa shape index (κ2) is 6.12. The molecule has 1 N–H and O–H groups in total. The molecule has 0 spiro atoms. The highest BCUT2D eigenvalue weighted by atomic mass is 32.2. The fourth-order valence-electron chi connectivity index (χ4n) is 2.41. The summed E-state index contributed by atoms with van der Waals surface area (Å²) in [6.45, 7) is 0.295. The number of azide groups is 1. The molecule has 2 aromatic carbocycles. The average Bonchev–Trinajstić information content (AvgIpc) is 3.01. The zero-order valence-electron chi connectivity index (χ0n) is 12.0. The van der Waals surface area contributed by atoms with E-state index in [9.17, 15) is 8.42 Å². The van der Waals surface area contributed by atoms with Gasteiger partial charge in [-0.25, -0.2) is 8.42 Å². The van der Waals surface area contributed by atoms with Crippen LogP contribution in [0.4, 0.5) is 0 Å². The molecular weight excluding hydrogens is 314 g/mol. The van der Waals surface area contributed by atoms with E-state index in [2.05, 4.69) is 20.2 Å². The molecule has 0 bridgehead atoms. The van der Waals surface area contributed by atoms with Gasteiger partial charge in [0.15, 0.2) is 5.03 Å². The molecule has 0 aliphatic carbocycles. The summed E-state index contributed by atoms with van der Waals surface area (Å²) >= 11 is 0. The number of nitrogens with zero attached hydrogens (tertiary/aromatic N) is 4. The van der Waals surface area contributed by atoms with E-state index in [1.165, 1.54) is 0 Å². The van der Waals surface area contributed by atoms with Crippen LogP contribution in [0.15, 0.2) is 63.6 Å². The Morgan fingerprint density at radius 1 is 1.13 bits per heavy atom. The Labute approximate surface area is 132 Å². The summed E-state index contributed by atoms with van der Waals surface area (Å²) in [6.07, 6.45) is 0.497. The van der Waals surface area contributed by atoms with Gasteiger partial charge in [-0.15, -0.1) is 0 Å². The van der Waals surface area contributed by atoms with E-state index in [1.54, 1.807) is 42.5 Å². The Morgan fingerprint density at radius 2 is 1.91 bits per heavy atom. The molecule has 0 amide bonds. The lowest BCUT2D eigenvalue weighted by molar-refractivity contribution is 0.593. The van der Waals surface area contributed by atoms with E-state index in [0.717, 1.165) is 5.56 Å². The first-order valence-electron chi connectivity index (χ1n) is 6.91. The van der Waals surface area contributed by atoms with Crippen LogP contribution in [0.3, 0.4) is 0 Å². The zero-order valence-corrected chi connectivity index (χ0v) is 12.9. The number of para-hydroxylation sites is 1. The van der Waals surface area contributed by atoms with Gasteiger partial charge in [-0.1, -0.05) is 35.4 Å². The van der Waals surface area contributed by atoms with Gasteiger partial charge in [0.1, 0.15) is 0 Å². The van der Waals surface area contributed by atoms with Gasteiger partial charge in [0.2, 0.25) is 9.84 Å². The van der Waals surface area contributed by atoms with E-state index < -0.39 is 9.84 Å². The van der Waals surface area contributed by atoms with Gasteiger partial charge in [0, 0.05) is 16.8 Å². The van der Waals surface area contributed by atoms with Gasteiger partial charge in [-0.05, 0) is 35.7 Å². The van der Waals surface area contributed by atoms with Crippen LogP contribution < -0.4 is 0 Å². The van der Waals surface area contributed by atoms with Crippen LogP contribution in [-0.4, -0.2) is 25.2 Å². The number of aromatic nitrogens is 2. The molecule has 0 aliphatic heterocycles. The molecule has 23 heavy (non-hydrogen) atoms. The molecule has 0 fully saturated rings. The average molecular weight is 327 g/mol. The van der Waals surface area contributed by atoms with Crippen molar-refractivity contribution in [3.63, 3.8) is 0 Å². The molecule has 0 unspecified atom stereocenters. The van der Waals surface area contributed by atoms with Crippen LogP contribution in [0.25, 0.3) is 21.3 Å². The smallest absolute Gasteiger partial charge is 0.223 e. The van der Waals surface area contributed by atoms with Crippen molar-refractivity contribution in [1.82, 2.24) is 10.2 Å². The summed E-state index contributed by atoms with van der Waals surface area (Å²) in [6, 6.07) is 13.5. The lowest BCUT2D eigenvalue weighted by Gasteiger charge is -2.03. The third-order valence-corrected chi connectivity index (χ3v) is 5.24. The molecule has 8 heteroatoms. The van der Waals surface area contributed by atoms with Gasteiger partial charge < -0.3 is 0 Å². The number of aromatic amines is 1. The van der Waals surface area contributed by atoms with E-state index in [1.807, 2.05) is 6.07 Å². The zero-order chi connectivity index (χ0) is 16.3. The van der Waals surface area contributed by atoms with E-state index in [4.69, 9.17) is 5.53 Å². The van der Waals surface area contributed by atoms with Crippen molar-refractivity contribution in [2.24, 2.45) is 5.11 Å². The maximum absolute atomic E-state index is 12.7. The Kier molecular flexibility index (Phi) is 4.01. The third-order valence-electron chi connectivity index (χ3n) is 3.50. The topological polar surface area (TPSA) is 112 Å². The Bertz CT molecular complexity index is 989. The molecule has 1 aromatic heterocycles. The van der Waals surface area contributed by atoms with Crippen molar-refractivity contribution in [3.8, 4) is 0 Å². The number of benzene rings is 2. The monoisotopic (exact) mass is 327 g/mol. The lowest BCUT2D eigenvalue weighted by atomic mass is 10.1. The van der Waals surface area contributed by atoms with Crippen molar-refractivity contribution in [2.75, 3.05) is 6.54 Å². The number of hydrogen-bond acceptors (Lipinski definition) is 4. The lowest BCUT2D eigenvalue weighted by Crippen LogP contribution is -2.02. The molecule has 116 valence electrons. The van der Waals surface area contributed by atoms with Gasteiger partial charge in [-0.3, -0.25) is 5.10 Å². The molecule has 3 aromatic rings. The third kappa shape index (κ3) is 2.77. The van der Waals surface area contributed by atoms with E-state index in [-0.39, 0.29) is 9.92 Å². The summed E-state index contributed by atoms with van der Waals surface area (Å²) in [5.74, 6) is 0. The molecule has 0 saturated heterocycles. The summed E-state index contributed by atoms with van der Waals surface area (Å²) in [5, 5.41) is 10.9. The van der Waals surface area contributed by atoms with Gasteiger partial charge >= 0.3 is 0 Å². The van der Waals surface area contributed by atoms with Gasteiger partial charge in [0.05, 0.1) is 10.4 Å². The summed E-state index contributed by atoms with van der Waals surface area (Å²) in [7, 11) is -3.66. The first kappa shape index (κ1) is 15.1. The van der Waals surface area contributed by atoms with Crippen molar-refractivity contribution in [2.45, 2.75) is 16.3 Å². The van der Waals surface area contributed by atoms with Crippen LogP contribution in [0, 0.1) is 0 Å². The van der Waals surface area contributed by atoms with Crippen LogP contribution >= 0.6 is 0 Å². The molecule has 0 atom stereocenters. The minimum Gasteiger partial charge on any atom is -0.266 e. The number of sulfone groups is 1. The van der Waals surface area contributed by atoms with E-state index in [0.29, 0.717) is 23.9 Å². The van der Waals surface area contributed by atoms with Crippen molar-refractivity contribution < 1.29 is 8.42 Å². The van der Waals surface area contributed by atoms with Crippen molar-refractivity contribution in [1.29, 1.82) is 0 Å². The van der Waals surface area contributed by atoms with Crippen LogP contribution in [0.1, 0.15) is 5.56 Å². The minimum atomic E-state index is -3.66. The summed E-state index contributed by atoms with van der Waals surface area (Å²) in [4.78, 5) is 2.93. The highest BCUT2D eigenvalue weighted by Gasteiger charge is 2.23. The van der Waals surface area contributed by atoms with Gasteiger partial charge in [-0.2, -0.15) is 5.10 Å². The van der Waals surface area contributed by atoms with Crippen LogP contribution in [0.5, 0.6) is 0 Å². The van der Waals surface area contributed by atoms with Gasteiger partial charge in [0.25, 0.3) is 0 Å². The maximum Gasteiger partial charge on any atom is 0.223 e. The fraction of sp³-hybridized carbons (Fsp3) is 0.133. The van der Waals surface area contributed by atoms with Crippen molar-refractivity contribution in [3.05, 3.63) is 64.5 Å². The number of rotatable bonds is 5. The second-order valence-electron chi connectivity index (χ2n) is 4.89. The molecular formula is C15H13N5O2S. The molecule has 3 rings (SSSR count). The number of H-pyrrole nitrogens is 1. The predicted octanol–water partition coefficient (Wildman–Crippen LogP) is 3.25. The highest BCUT2D eigenvalue weighted by molar-refractivity contribution is 7.91. The molecule has 1 heterocycles. The number of fused-ring (bicyclic) bond motifs is 1. The first-order valence-corrected chi connectivity index (χ1v) is 8.40. The maximum atomic E-state index is 12.7. The van der Waals surface area contributed by atoms with Crippen molar-refractivity contribution >= 4 is 20.7 Å². The normalized spacial score (nSPS) is 11.3. The molecule has 7 nitrogen and oxygen atoms in total. The predicted molar refractivity (Wildman–Crippen MR) is 85.7 cm³/mol. The Morgan fingerprint density at radius 3 is 2.65 bits per heavy atom. The quantitative estimate of drug-likeness (QED) is 0.441. The standard InChI is InChI=1S/C15H13N5O2S/c16-20-17-10-9-11-5-4-8-13-14(11)18-19-15(13)23(21,22)12-6-2-1-3-7-12/h1-8H,9-10H2,(H,18,19). The van der Waals surface area contributed by atoms with Crippen LogP contribution in [0.2, 0.25) is 0 Å². The first-order chi connectivity index (χ1) is 11.1. The minimum absolute atomic E-state index is 0.0735. The summed E-state index contributed by atoms with van der Waals surface area (Å²) < 4.78 is 25.5. The highest BCUT2D eigenvalue weighted by Crippen LogP contribution is 2.27. The SMILES string of the molecule is [N-]=[N+]=NCCc1cccc2c(S(=O)(=O)c3ccccc3)[nH]nc12. The number of nitrogens with one attached hydrogen (secondary N) is 1. The molecule has 0 radical (unpaired) electrons. The second-order valence-corrected chi connectivity index (χ2v) is 6.77. The fourth-order valence-corrected chi connectivity index (χ4v) is 3.78. The van der Waals surface area contributed by atoms with E-state index >= 15 is 0 Å². The van der Waals surface area contributed by atoms with Crippen LogP contribution in [-0.2, 0) is 16.3 Å². The molecule has 0 saturated carbocycles. The summed E-state index contributed by atoms with van der Waals surface area (Å²) in [5.41, 5.74) is 9.76. The number of hydrogen-bond donors (Lipinski definition) is 1. The Hall–Kier alpha value is -2.83. The molecule has 0 aliphatic rings.